The van der Waals surface area contributed by atoms with Crippen LogP contribution >= 0.6 is 23.2 Å². The van der Waals surface area contributed by atoms with Gasteiger partial charge in [-0.3, -0.25) is 4.79 Å². The average molecular weight is 713 g/mol. The normalized spacial score (nSPS) is 11.9. The Kier molecular flexibility index (Phi) is 14.2. The van der Waals surface area contributed by atoms with E-state index in [1.165, 1.54) is 65.7 Å². The number of halogens is 1. The van der Waals surface area contributed by atoms with Crippen LogP contribution in [0.15, 0.2) is 126 Å². The Morgan fingerprint density at radius 2 is 1.11 bits per heavy atom. The van der Waals surface area contributed by atoms with Crippen molar-refractivity contribution >= 4 is 50.9 Å². The summed E-state index contributed by atoms with van der Waals surface area (Å²) < 4.78 is 6.43. The molecule has 0 aliphatic heterocycles. The summed E-state index contributed by atoms with van der Waals surface area (Å²) in [6, 6.07) is 38.8. The van der Waals surface area contributed by atoms with E-state index < -0.39 is 13.2 Å². The number of ether oxygens (including phenoxy) is 1. The van der Waals surface area contributed by atoms with Crippen molar-refractivity contribution in [1.82, 2.24) is 0 Å². The molecule has 4 aromatic rings. The standard InChI is InChI=1S/C42H49BrO3P/c1-42(2,3)35-24-22-34(23-25-35)40(44)30-31-41(45)46-32-16-8-6-4-5-7-9-17-33-47(37-18-12-10-13-19-37,38-20-14-11-15-21-38)39-28-26-36(43)27-29-39/h10-15,18-31H,4-9,16-17,32-33H2,1-3H3/q+1/b31-30+. The van der Waals surface area contributed by atoms with E-state index in [-0.39, 0.29) is 11.2 Å². The minimum Gasteiger partial charge on any atom is -0.463 e. The third-order valence-electron chi connectivity index (χ3n) is 8.70. The molecule has 4 rings (SSSR count). The summed E-state index contributed by atoms with van der Waals surface area (Å²) in [4.78, 5) is 24.5. The molecule has 0 atom stereocenters. The van der Waals surface area contributed by atoms with Crippen LogP contribution in [0.1, 0.15) is 88.1 Å². The van der Waals surface area contributed by atoms with E-state index in [9.17, 15) is 9.59 Å². The molecule has 4 aromatic carbocycles. The van der Waals surface area contributed by atoms with Crippen molar-refractivity contribution in [3.63, 3.8) is 0 Å². The molecule has 0 heterocycles. The summed E-state index contributed by atoms with van der Waals surface area (Å²) in [5, 5.41) is 4.33. The second kappa shape index (κ2) is 18.3. The molecule has 0 spiro atoms. The number of hydrogen-bond acceptors (Lipinski definition) is 3. The molecular formula is C42H49BrO3P+. The van der Waals surface area contributed by atoms with Gasteiger partial charge in [0.1, 0.15) is 23.2 Å². The van der Waals surface area contributed by atoms with E-state index in [2.05, 4.69) is 122 Å². The van der Waals surface area contributed by atoms with Crippen LogP contribution < -0.4 is 15.9 Å². The van der Waals surface area contributed by atoms with Gasteiger partial charge in [0.15, 0.2) is 5.78 Å². The van der Waals surface area contributed by atoms with Gasteiger partial charge in [0.2, 0.25) is 0 Å². The van der Waals surface area contributed by atoms with Gasteiger partial charge < -0.3 is 4.74 Å². The summed E-state index contributed by atoms with van der Waals surface area (Å²) in [5.41, 5.74) is 1.77. The molecule has 0 radical (unpaired) electrons. The SMILES string of the molecule is CC(C)(C)c1ccc(C(=O)/C=C/C(=O)OCCCCCCCCCC[P+](c2ccccc2)(c2ccccc2)c2ccc(Br)cc2)cc1. The van der Waals surface area contributed by atoms with Crippen molar-refractivity contribution in [3.8, 4) is 0 Å². The maximum absolute atomic E-state index is 12.4. The highest BCUT2D eigenvalue weighted by Crippen LogP contribution is 2.56. The molecule has 0 bridgehead atoms. The summed E-state index contributed by atoms with van der Waals surface area (Å²) in [7, 11) is -1.78. The highest BCUT2D eigenvalue weighted by molar-refractivity contribution is 9.10. The molecule has 0 N–H and O–H groups in total. The van der Waals surface area contributed by atoms with Gasteiger partial charge in [0, 0.05) is 16.1 Å². The number of carbonyl (C=O) groups is 2. The molecule has 0 fully saturated rings. The number of unbranched alkanes of at least 4 members (excludes halogenated alkanes) is 7. The Morgan fingerprint density at radius 1 is 0.617 bits per heavy atom. The minimum absolute atomic E-state index is 0.0304. The molecule has 0 aromatic heterocycles. The van der Waals surface area contributed by atoms with Crippen LogP contribution in [0, 0.1) is 0 Å². The van der Waals surface area contributed by atoms with E-state index in [4.69, 9.17) is 4.74 Å². The number of hydrogen-bond donors (Lipinski definition) is 0. The summed E-state index contributed by atoms with van der Waals surface area (Å²) in [6.45, 7) is 6.80. The lowest BCUT2D eigenvalue weighted by Gasteiger charge is -2.28. The molecule has 0 aliphatic carbocycles. The van der Waals surface area contributed by atoms with Gasteiger partial charge >= 0.3 is 5.97 Å². The van der Waals surface area contributed by atoms with Gasteiger partial charge in [-0.2, -0.15) is 0 Å². The summed E-state index contributed by atoms with van der Waals surface area (Å²) >= 11 is 3.64. The zero-order valence-corrected chi connectivity index (χ0v) is 30.6. The molecule has 0 unspecified atom stereocenters. The first-order chi connectivity index (χ1) is 22.7. The van der Waals surface area contributed by atoms with Crippen molar-refractivity contribution in [1.29, 1.82) is 0 Å². The van der Waals surface area contributed by atoms with E-state index in [1.807, 2.05) is 24.3 Å². The number of ketones is 1. The fraction of sp³-hybridized carbons (Fsp3) is 0.333. The smallest absolute Gasteiger partial charge is 0.330 e. The predicted octanol–water partition coefficient (Wildman–Crippen LogP) is 10.1. The number of rotatable bonds is 17. The Morgan fingerprint density at radius 3 is 1.64 bits per heavy atom. The van der Waals surface area contributed by atoms with Crippen molar-refractivity contribution in [2.75, 3.05) is 12.8 Å². The van der Waals surface area contributed by atoms with Crippen molar-refractivity contribution < 1.29 is 14.3 Å². The lowest BCUT2D eigenvalue weighted by molar-refractivity contribution is -0.137. The van der Waals surface area contributed by atoms with Gasteiger partial charge in [-0.15, -0.1) is 0 Å². The van der Waals surface area contributed by atoms with Crippen LogP contribution in [0.5, 0.6) is 0 Å². The highest BCUT2D eigenvalue weighted by Gasteiger charge is 2.44. The van der Waals surface area contributed by atoms with E-state index in [0.717, 1.165) is 29.9 Å². The van der Waals surface area contributed by atoms with Crippen LogP contribution in [0.3, 0.4) is 0 Å². The predicted molar refractivity (Wildman–Crippen MR) is 204 cm³/mol. The van der Waals surface area contributed by atoms with E-state index in [0.29, 0.717) is 12.2 Å². The van der Waals surface area contributed by atoms with Crippen molar-refractivity contribution in [3.05, 3.63) is 137 Å². The first-order valence-corrected chi connectivity index (χ1v) is 19.7. The lowest BCUT2D eigenvalue weighted by atomic mass is 9.86. The van der Waals surface area contributed by atoms with Gasteiger partial charge in [-0.1, -0.05) is 129 Å². The molecule has 0 amide bonds. The largest absolute Gasteiger partial charge is 0.463 e. The van der Waals surface area contributed by atoms with Gasteiger partial charge in [0.05, 0.1) is 12.8 Å². The third-order valence-corrected chi connectivity index (χ3v) is 13.8. The van der Waals surface area contributed by atoms with Crippen molar-refractivity contribution in [2.24, 2.45) is 0 Å². The van der Waals surface area contributed by atoms with E-state index in [1.54, 1.807) is 0 Å². The lowest BCUT2D eigenvalue weighted by Crippen LogP contribution is -2.33. The Hall–Kier alpha value is -3.33. The fourth-order valence-electron chi connectivity index (χ4n) is 6.00. The summed E-state index contributed by atoms with van der Waals surface area (Å²) in [6.07, 6.45) is 12.8. The molecule has 0 aliphatic rings. The molecule has 0 saturated heterocycles. The maximum Gasteiger partial charge on any atom is 0.330 e. The summed E-state index contributed by atoms with van der Waals surface area (Å²) in [5.74, 6) is -0.652. The van der Waals surface area contributed by atoms with Crippen molar-refractivity contribution in [2.45, 2.75) is 77.6 Å². The second-order valence-electron chi connectivity index (χ2n) is 13.2. The molecule has 0 saturated carbocycles. The Bertz CT molecular complexity index is 1520. The number of benzene rings is 4. The third kappa shape index (κ3) is 10.8. The van der Waals surface area contributed by atoms with Crippen LogP contribution in [-0.2, 0) is 14.9 Å². The van der Waals surface area contributed by atoms with Gasteiger partial charge in [-0.05, 0) is 84.8 Å². The molecule has 5 heteroatoms. The highest BCUT2D eigenvalue weighted by atomic mass is 79.9. The topological polar surface area (TPSA) is 43.4 Å². The zero-order chi connectivity index (χ0) is 33.5. The Labute approximate surface area is 291 Å². The molecule has 3 nitrogen and oxygen atoms in total. The second-order valence-corrected chi connectivity index (χ2v) is 17.7. The number of carbonyl (C=O) groups excluding carboxylic acids is 2. The van der Waals surface area contributed by atoms with Crippen LogP contribution in [0.25, 0.3) is 0 Å². The number of esters is 1. The fourth-order valence-corrected chi connectivity index (χ4v) is 10.7. The Balaban J connectivity index is 1.16. The zero-order valence-electron chi connectivity index (χ0n) is 28.2. The number of allylic oxidation sites excluding steroid dienone is 1. The first-order valence-electron chi connectivity index (χ1n) is 17.0. The quantitative estimate of drug-likeness (QED) is 0.0360. The van der Waals surface area contributed by atoms with Crippen LogP contribution in [0.4, 0.5) is 0 Å². The average Bonchev–Trinajstić information content (AvgIpc) is 3.09. The minimum atomic E-state index is -1.78. The monoisotopic (exact) mass is 711 g/mol. The van der Waals surface area contributed by atoms with Crippen LogP contribution in [0.2, 0.25) is 0 Å². The van der Waals surface area contributed by atoms with Gasteiger partial charge in [-0.25, -0.2) is 4.79 Å². The van der Waals surface area contributed by atoms with E-state index >= 15 is 0 Å². The first kappa shape index (κ1) is 36.5. The maximum atomic E-state index is 12.4. The molecule has 47 heavy (non-hydrogen) atoms. The molecular weight excluding hydrogens is 663 g/mol. The van der Waals surface area contributed by atoms with Gasteiger partial charge in [0.25, 0.3) is 0 Å². The van der Waals surface area contributed by atoms with Crippen LogP contribution in [-0.4, -0.2) is 24.5 Å². The molecule has 246 valence electrons.